The van der Waals surface area contributed by atoms with E-state index in [9.17, 15) is 4.79 Å². The molecule has 0 amide bonds. The summed E-state index contributed by atoms with van der Waals surface area (Å²) in [6.45, 7) is 1.99. The average Bonchev–Trinajstić information content (AvgIpc) is 2.73. The number of para-hydroxylation sites is 2. The Morgan fingerprint density at radius 2 is 1.61 bits per heavy atom. The van der Waals surface area contributed by atoms with Crippen LogP contribution in [0.2, 0.25) is 0 Å². The molecule has 28 heavy (non-hydrogen) atoms. The van der Waals surface area contributed by atoms with Gasteiger partial charge in [0.05, 0.1) is 23.7 Å². The van der Waals surface area contributed by atoms with Crippen LogP contribution in [0.4, 0.5) is 0 Å². The minimum atomic E-state index is -0.0747. The van der Waals surface area contributed by atoms with E-state index in [0.717, 1.165) is 22.6 Å². The summed E-state index contributed by atoms with van der Waals surface area (Å²) in [5.74, 6) is 1.40. The van der Waals surface area contributed by atoms with Gasteiger partial charge in [-0.2, -0.15) is 0 Å². The van der Waals surface area contributed by atoms with Crippen molar-refractivity contribution in [3.63, 3.8) is 0 Å². The molecule has 0 radical (unpaired) electrons. The van der Waals surface area contributed by atoms with Crippen LogP contribution in [0.3, 0.4) is 0 Å². The highest BCUT2D eigenvalue weighted by Crippen LogP contribution is 2.19. The fourth-order valence-corrected chi connectivity index (χ4v) is 3.19. The number of aryl methyl sites for hydroxylation is 1. The molecule has 138 valence electrons. The first kappa shape index (κ1) is 17.7. The van der Waals surface area contributed by atoms with E-state index in [0.29, 0.717) is 16.7 Å². The number of hydrogen-bond donors (Lipinski definition) is 0. The number of nitrogens with zero attached hydrogens (tertiary/aromatic N) is 2. The SMILES string of the molecule is COc1ccc(C=Cc2nc3ccccc3c(=O)n2-c2ccccc2C)cc1. The van der Waals surface area contributed by atoms with E-state index in [1.807, 2.05) is 91.9 Å². The monoisotopic (exact) mass is 368 g/mol. The van der Waals surface area contributed by atoms with Crippen LogP contribution in [0.15, 0.2) is 77.6 Å². The summed E-state index contributed by atoms with van der Waals surface area (Å²) in [7, 11) is 1.64. The van der Waals surface area contributed by atoms with Crippen LogP contribution >= 0.6 is 0 Å². The van der Waals surface area contributed by atoms with E-state index in [1.165, 1.54) is 0 Å². The van der Waals surface area contributed by atoms with Gasteiger partial charge in [0.25, 0.3) is 5.56 Å². The molecule has 4 heteroatoms. The molecule has 0 spiro atoms. The van der Waals surface area contributed by atoms with Crippen molar-refractivity contribution in [2.75, 3.05) is 7.11 Å². The molecule has 3 aromatic carbocycles. The Balaban J connectivity index is 1.91. The summed E-state index contributed by atoms with van der Waals surface area (Å²) < 4.78 is 6.88. The number of fused-ring (bicyclic) bond motifs is 1. The van der Waals surface area contributed by atoms with Gasteiger partial charge < -0.3 is 4.74 Å². The molecule has 0 fully saturated rings. The van der Waals surface area contributed by atoms with Crippen LogP contribution in [-0.4, -0.2) is 16.7 Å². The third-order valence-corrected chi connectivity index (χ3v) is 4.70. The summed E-state index contributed by atoms with van der Waals surface area (Å²) in [5.41, 5.74) is 3.46. The van der Waals surface area contributed by atoms with Gasteiger partial charge in [-0.3, -0.25) is 9.36 Å². The van der Waals surface area contributed by atoms with Gasteiger partial charge in [-0.15, -0.1) is 0 Å². The summed E-state index contributed by atoms with van der Waals surface area (Å²) >= 11 is 0. The smallest absolute Gasteiger partial charge is 0.266 e. The van der Waals surface area contributed by atoms with Crippen molar-refractivity contribution in [3.05, 3.63) is 100 Å². The second-order valence-electron chi connectivity index (χ2n) is 6.52. The molecule has 0 saturated carbocycles. The Morgan fingerprint density at radius 1 is 0.893 bits per heavy atom. The van der Waals surface area contributed by atoms with E-state index >= 15 is 0 Å². The van der Waals surface area contributed by atoms with Gasteiger partial charge in [-0.25, -0.2) is 4.98 Å². The predicted molar refractivity (Wildman–Crippen MR) is 114 cm³/mol. The maximum absolute atomic E-state index is 13.3. The highest BCUT2D eigenvalue weighted by atomic mass is 16.5. The first-order valence-electron chi connectivity index (χ1n) is 9.07. The number of aromatic nitrogens is 2. The Labute approximate surface area is 163 Å². The highest BCUT2D eigenvalue weighted by molar-refractivity contribution is 5.80. The van der Waals surface area contributed by atoms with Crippen molar-refractivity contribution < 1.29 is 4.74 Å². The van der Waals surface area contributed by atoms with Crippen LogP contribution in [0.25, 0.3) is 28.7 Å². The largest absolute Gasteiger partial charge is 0.497 e. The van der Waals surface area contributed by atoms with E-state index in [4.69, 9.17) is 9.72 Å². The molecule has 4 rings (SSSR count). The lowest BCUT2D eigenvalue weighted by molar-refractivity contribution is 0.415. The van der Waals surface area contributed by atoms with Gasteiger partial charge in [-0.1, -0.05) is 48.5 Å². The molecule has 0 unspecified atom stereocenters. The van der Waals surface area contributed by atoms with Crippen LogP contribution in [0, 0.1) is 6.92 Å². The molecule has 0 N–H and O–H groups in total. The van der Waals surface area contributed by atoms with Gasteiger partial charge in [0.2, 0.25) is 0 Å². The number of ether oxygens (including phenoxy) is 1. The Hall–Kier alpha value is -3.66. The molecule has 0 aliphatic heterocycles. The molecule has 1 aromatic heterocycles. The van der Waals surface area contributed by atoms with Crippen molar-refractivity contribution in [1.29, 1.82) is 0 Å². The van der Waals surface area contributed by atoms with Gasteiger partial charge in [0.15, 0.2) is 0 Å². The van der Waals surface area contributed by atoms with Gasteiger partial charge in [-0.05, 0) is 54.5 Å². The molecule has 0 bridgehead atoms. The summed E-state index contributed by atoms with van der Waals surface area (Å²) in [6, 6.07) is 23.0. The number of methoxy groups -OCH3 is 1. The normalized spacial score (nSPS) is 11.2. The third-order valence-electron chi connectivity index (χ3n) is 4.70. The number of benzene rings is 3. The standard InChI is InChI=1S/C24H20N2O2/c1-17-7-3-6-10-22(17)26-23(16-13-18-11-14-19(28-2)15-12-18)25-21-9-5-4-8-20(21)24(26)27/h3-16H,1-2H3. The van der Waals surface area contributed by atoms with Gasteiger partial charge >= 0.3 is 0 Å². The molecule has 0 atom stereocenters. The zero-order valence-electron chi connectivity index (χ0n) is 15.8. The Bertz CT molecular complexity index is 1220. The first-order chi connectivity index (χ1) is 13.7. The lowest BCUT2D eigenvalue weighted by Crippen LogP contribution is -2.23. The first-order valence-corrected chi connectivity index (χ1v) is 9.07. The zero-order valence-corrected chi connectivity index (χ0v) is 15.8. The maximum Gasteiger partial charge on any atom is 0.266 e. The minimum Gasteiger partial charge on any atom is -0.497 e. The molecule has 0 saturated heterocycles. The summed E-state index contributed by atoms with van der Waals surface area (Å²) in [6.07, 6.45) is 3.83. The third kappa shape index (κ3) is 3.32. The highest BCUT2D eigenvalue weighted by Gasteiger charge is 2.12. The molecule has 4 aromatic rings. The lowest BCUT2D eigenvalue weighted by atomic mass is 10.1. The molecule has 0 aliphatic carbocycles. The second kappa shape index (κ2) is 7.53. The molecular weight excluding hydrogens is 348 g/mol. The minimum absolute atomic E-state index is 0.0747. The van der Waals surface area contributed by atoms with E-state index < -0.39 is 0 Å². The number of rotatable bonds is 4. The predicted octanol–water partition coefficient (Wildman–Crippen LogP) is 4.87. The maximum atomic E-state index is 13.3. The quantitative estimate of drug-likeness (QED) is 0.516. The van der Waals surface area contributed by atoms with Crippen molar-refractivity contribution in [2.24, 2.45) is 0 Å². The summed E-state index contributed by atoms with van der Waals surface area (Å²) in [4.78, 5) is 18.0. The van der Waals surface area contributed by atoms with Crippen molar-refractivity contribution in [1.82, 2.24) is 9.55 Å². The molecule has 1 heterocycles. The van der Waals surface area contributed by atoms with Crippen molar-refractivity contribution in [3.8, 4) is 11.4 Å². The Morgan fingerprint density at radius 3 is 2.36 bits per heavy atom. The lowest BCUT2D eigenvalue weighted by Gasteiger charge is -2.13. The Kier molecular flexibility index (Phi) is 4.77. The molecule has 4 nitrogen and oxygen atoms in total. The molecule has 0 aliphatic rings. The topological polar surface area (TPSA) is 44.1 Å². The van der Waals surface area contributed by atoms with E-state index in [-0.39, 0.29) is 5.56 Å². The molecular formula is C24H20N2O2. The van der Waals surface area contributed by atoms with Crippen LogP contribution < -0.4 is 10.3 Å². The fourth-order valence-electron chi connectivity index (χ4n) is 3.19. The fraction of sp³-hybridized carbons (Fsp3) is 0.0833. The van der Waals surface area contributed by atoms with Crippen LogP contribution in [0.1, 0.15) is 17.0 Å². The van der Waals surface area contributed by atoms with Crippen LogP contribution in [0.5, 0.6) is 5.75 Å². The van der Waals surface area contributed by atoms with E-state index in [2.05, 4.69) is 0 Å². The summed E-state index contributed by atoms with van der Waals surface area (Å²) in [5, 5.41) is 0.604. The second-order valence-corrected chi connectivity index (χ2v) is 6.52. The van der Waals surface area contributed by atoms with Crippen molar-refractivity contribution in [2.45, 2.75) is 6.92 Å². The van der Waals surface area contributed by atoms with Gasteiger partial charge in [0, 0.05) is 0 Å². The number of hydrogen-bond acceptors (Lipinski definition) is 3. The average molecular weight is 368 g/mol. The zero-order chi connectivity index (χ0) is 19.5. The van der Waals surface area contributed by atoms with Gasteiger partial charge in [0.1, 0.15) is 11.6 Å². The van der Waals surface area contributed by atoms with E-state index in [1.54, 1.807) is 11.7 Å². The van der Waals surface area contributed by atoms with Crippen LogP contribution in [-0.2, 0) is 0 Å². The van der Waals surface area contributed by atoms with Crippen molar-refractivity contribution >= 4 is 23.1 Å².